The first-order valence-electron chi connectivity index (χ1n) is 5.95. The minimum Gasteiger partial charge on any atom is -0.248 e. The van der Waals surface area contributed by atoms with Crippen molar-refractivity contribution in [2.45, 2.75) is 37.0 Å². The van der Waals surface area contributed by atoms with Crippen LogP contribution in [0.1, 0.15) is 30.5 Å². The van der Waals surface area contributed by atoms with Crippen molar-refractivity contribution in [2.75, 3.05) is 0 Å². The summed E-state index contributed by atoms with van der Waals surface area (Å²) in [6, 6.07) is 3.81. The summed E-state index contributed by atoms with van der Waals surface area (Å²) >= 11 is 9.25. The molecule has 0 saturated carbocycles. The lowest BCUT2D eigenvalue weighted by Crippen LogP contribution is -1.86. The second-order valence-corrected chi connectivity index (χ2v) is 6.31. The maximum Gasteiger partial charge on any atom is 0.0964 e. The summed E-state index contributed by atoms with van der Waals surface area (Å²) in [5.41, 5.74) is 1.15. The first kappa shape index (κ1) is 13.8. The van der Waals surface area contributed by atoms with Gasteiger partial charge in [0, 0.05) is 17.3 Å². The summed E-state index contributed by atoms with van der Waals surface area (Å²) < 4.78 is 0. The Labute approximate surface area is 121 Å². The zero-order valence-corrected chi connectivity index (χ0v) is 12.6. The van der Waals surface area contributed by atoms with Gasteiger partial charge < -0.3 is 0 Å². The van der Waals surface area contributed by atoms with Crippen LogP contribution in [-0.2, 0) is 12.2 Å². The molecule has 2 rings (SSSR count). The van der Waals surface area contributed by atoms with E-state index in [1.165, 1.54) is 17.8 Å². The molecule has 0 atom stereocenters. The molecule has 0 N–H and O–H groups in total. The number of hydrogen-bond acceptors (Lipinski definition) is 4. The van der Waals surface area contributed by atoms with Crippen molar-refractivity contribution in [1.29, 1.82) is 0 Å². The maximum atomic E-state index is 5.80. The minimum atomic E-state index is 0.676. The fraction of sp³-hybridized carbons (Fsp3) is 0.385. The van der Waals surface area contributed by atoms with Gasteiger partial charge in [0.05, 0.1) is 20.8 Å². The molecule has 2 heterocycles. The fourth-order valence-corrected chi connectivity index (χ4v) is 3.25. The van der Waals surface area contributed by atoms with Gasteiger partial charge in [-0.3, -0.25) is 0 Å². The molecule has 0 spiro atoms. The van der Waals surface area contributed by atoms with Crippen LogP contribution in [0.5, 0.6) is 0 Å². The van der Waals surface area contributed by atoms with Gasteiger partial charge in [0.15, 0.2) is 0 Å². The Morgan fingerprint density at radius 3 is 3.00 bits per heavy atom. The molecule has 0 amide bonds. The van der Waals surface area contributed by atoms with Crippen LogP contribution in [0.4, 0.5) is 0 Å². The number of halogens is 1. The van der Waals surface area contributed by atoms with Crippen LogP contribution in [0.2, 0.25) is 5.02 Å². The summed E-state index contributed by atoms with van der Waals surface area (Å²) in [4.78, 5) is 8.88. The summed E-state index contributed by atoms with van der Waals surface area (Å²) in [5, 5.41) is 5.06. The Balaban J connectivity index is 1.86. The van der Waals surface area contributed by atoms with Gasteiger partial charge in [-0.25, -0.2) is 9.97 Å². The van der Waals surface area contributed by atoms with E-state index >= 15 is 0 Å². The van der Waals surface area contributed by atoms with E-state index in [4.69, 9.17) is 11.6 Å². The lowest BCUT2D eigenvalue weighted by Gasteiger charge is -1.98. The average molecular weight is 299 g/mol. The number of thiazole rings is 1. The van der Waals surface area contributed by atoms with Gasteiger partial charge in [0.2, 0.25) is 0 Å². The van der Waals surface area contributed by atoms with Crippen LogP contribution in [0.25, 0.3) is 0 Å². The highest BCUT2D eigenvalue weighted by molar-refractivity contribution is 7.98. The van der Waals surface area contributed by atoms with E-state index in [0.29, 0.717) is 5.02 Å². The Morgan fingerprint density at radius 1 is 1.39 bits per heavy atom. The van der Waals surface area contributed by atoms with E-state index < -0.39 is 0 Å². The van der Waals surface area contributed by atoms with Crippen LogP contribution in [0, 0.1) is 0 Å². The summed E-state index contributed by atoms with van der Waals surface area (Å²) in [5.74, 6) is 0.872. The van der Waals surface area contributed by atoms with Crippen molar-refractivity contribution in [2.24, 2.45) is 0 Å². The minimum absolute atomic E-state index is 0.676. The summed E-state index contributed by atoms with van der Waals surface area (Å²) in [6.45, 7) is 2.20. The standard InChI is InChI=1S/C13H15ClN2S2/c1-2-3-4-13-16-11(9-18-13)8-17-12-6-5-10(14)7-15-12/h5-7,9H,2-4,8H2,1H3. The smallest absolute Gasteiger partial charge is 0.0964 e. The van der Waals surface area contributed by atoms with Gasteiger partial charge in [0.25, 0.3) is 0 Å². The van der Waals surface area contributed by atoms with Gasteiger partial charge in [-0.05, 0) is 25.0 Å². The molecule has 0 aliphatic rings. The molecule has 2 aromatic rings. The predicted molar refractivity (Wildman–Crippen MR) is 79.5 cm³/mol. The molecule has 2 nitrogen and oxygen atoms in total. The average Bonchev–Trinajstić information content (AvgIpc) is 2.84. The molecule has 0 unspecified atom stereocenters. The van der Waals surface area contributed by atoms with Crippen LogP contribution in [0.15, 0.2) is 28.7 Å². The molecular formula is C13H15ClN2S2. The van der Waals surface area contributed by atoms with Crippen LogP contribution in [0.3, 0.4) is 0 Å². The molecule has 0 fully saturated rings. The molecule has 0 saturated heterocycles. The van der Waals surface area contributed by atoms with Crippen molar-refractivity contribution in [3.63, 3.8) is 0 Å². The summed E-state index contributed by atoms with van der Waals surface area (Å²) in [6.07, 6.45) is 5.22. The second-order valence-electron chi connectivity index (χ2n) is 3.94. The Hall–Kier alpha value is -0.580. The molecule has 96 valence electrons. The van der Waals surface area contributed by atoms with Crippen molar-refractivity contribution in [3.8, 4) is 0 Å². The predicted octanol–water partition coefficient (Wildman–Crippen LogP) is 4.83. The molecule has 0 aromatic carbocycles. The SMILES string of the molecule is CCCCc1nc(CSc2ccc(Cl)cn2)cs1. The van der Waals surface area contributed by atoms with E-state index in [-0.39, 0.29) is 0 Å². The largest absolute Gasteiger partial charge is 0.248 e. The normalized spacial score (nSPS) is 10.8. The third kappa shape index (κ3) is 4.26. The number of hydrogen-bond donors (Lipinski definition) is 0. The third-order valence-corrected chi connectivity index (χ3v) is 4.57. The van der Waals surface area contributed by atoms with Gasteiger partial charge in [-0.15, -0.1) is 23.1 Å². The van der Waals surface area contributed by atoms with Crippen LogP contribution < -0.4 is 0 Å². The first-order valence-corrected chi connectivity index (χ1v) is 8.20. The molecule has 0 bridgehead atoms. The highest BCUT2D eigenvalue weighted by atomic mass is 35.5. The fourth-order valence-electron chi connectivity index (χ4n) is 1.45. The quantitative estimate of drug-likeness (QED) is 0.715. The second kappa shape index (κ2) is 7.12. The zero-order chi connectivity index (χ0) is 12.8. The lowest BCUT2D eigenvalue weighted by molar-refractivity contribution is 0.788. The Kier molecular flexibility index (Phi) is 5.47. The number of nitrogens with zero attached hydrogens (tertiary/aromatic N) is 2. The molecular weight excluding hydrogens is 284 g/mol. The molecule has 5 heteroatoms. The molecule has 0 aliphatic heterocycles. The monoisotopic (exact) mass is 298 g/mol. The van der Waals surface area contributed by atoms with Crippen molar-refractivity contribution < 1.29 is 0 Å². The first-order chi connectivity index (χ1) is 8.78. The maximum absolute atomic E-state index is 5.80. The summed E-state index contributed by atoms with van der Waals surface area (Å²) in [7, 11) is 0. The number of pyridine rings is 1. The lowest BCUT2D eigenvalue weighted by atomic mass is 10.3. The third-order valence-electron chi connectivity index (χ3n) is 2.41. The highest BCUT2D eigenvalue weighted by Gasteiger charge is 2.03. The Morgan fingerprint density at radius 2 is 2.28 bits per heavy atom. The van der Waals surface area contributed by atoms with E-state index in [0.717, 1.165) is 22.9 Å². The number of aryl methyl sites for hydroxylation is 1. The van der Waals surface area contributed by atoms with Gasteiger partial charge >= 0.3 is 0 Å². The van der Waals surface area contributed by atoms with Crippen LogP contribution >= 0.6 is 34.7 Å². The Bertz CT molecular complexity index is 482. The molecule has 18 heavy (non-hydrogen) atoms. The zero-order valence-electron chi connectivity index (χ0n) is 10.2. The van der Waals surface area contributed by atoms with E-state index in [1.807, 2.05) is 12.1 Å². The van der Waals surface area contributed by atoms with E-state index in [2.05, 4.69) is 22.3 Å². The number of rotatable bonds is 6. The molecule has 0 aliphatic carbocycles. The number of aromatic nitrogens is 2. The van der Waals surface area contributed by atoms with Crippen molar-refractivity contribution in [1.82, 2.24) is 9.97 Å². The van der Waals surface area contributed by atoms with Crippen molar-refractivity contribution in [3.05, 3.63) is 39.4 Å². The molecule has 0 radical (unpaired) electrons. The van der Waals surface area contributed by atoms with Crippen LogP contribution in [-0.4, -0.2) is 9.97 Å². The van der Waals surface area contributed by atoms with Gasteiger partial charge in [0.1, 0.15) is 0 Å². The van der Waals surface area contributed by atoms with Gasteiger partial charge in [-0.2, -0.15) is 0 Å². The van der Waals surface area contributed by atoms with E-state index in [9.17, 15) is 0 Å². The van der Waals surface area contributed by atoms with Gasteiger partial charge in [-0.1, -0.05) is 24.9 Å². The number of unbranched alkanes of at least 4 members (excludes halogenated alkanes) is 1. The molecule has 2 aromatic heterocycles. The highest BCUT2D eigenvalue weighted by Crippen LogP contribution is 2.23. The number of thioether (sulfide) groups is 1. The van der Waals surface area contributed by atoms with E-state index in [1.54, 1.807) is 29.3 Å². The van der Waals surface area contributed by atoms with Crippen molar-refractivity contribution >= 4 is 34.7 Å². The topological polar surface area (TPSA) is 25.8 Å².